The van der Waals surface area contributed by atoms with Crippen LogP contribution in [0, 0.1) is 5.82 Å². The summed E-state index contributed by atoms with van der Waals surface area (Å²) in [6.45, 7) is 1.40. The summed E-state index contributed by atoms with van der Waals surface area (Å²) in [5, 5.41) is 0.0660. The van der Waals surface area contributed by atoms with E-state index in [4.69, 9.17) is 26.8 Å². The molecule has 0 fully saturated rings. The Morgan fingerprint density at radius 1 is 1.38 bits per heavy atom. The monoisotopic (exact) mass is 245 g/mol. The fourth-order valence-corrected chi connectivity index (χ4v) is 1.91. The molecule has 88 valence electrons. The predicted octanol–water partition coefficient (Wildman–Crippen LogP) is 2.14. The van der Waals surface area contributed by atoms with Crippen LogP contribution < -0.4 is 15.2 Å². The number of benzene rings is 1. The standard InChI is InChI=1S/C11H13ClFNO2/c12-8-6-9-11(16-5-4-15-9)7(10(8)13)2-1-3-14/h6H,1-5,14H2. The van der Waals surface area contributed by atoms with Crippen LogP contribution in [0.2, 0.25) is 5.02 Å². The average Bonchev–Trinajstić information content (AvgIpc) is 2.30. The van der Waals surface area contributed by atoms with Crippen molar-refractivity contribution in [3.05, 3.63) is 22.5 Å². The Morgan fingerprint density at radius 2 is 2.12 bits per heavy atom. The minimum absolute atomic E-state index is 0.0660. The Balaban J connectivity index is 2.41. The van der Waals surface area contributed by atoms with Gasteiger partial charge in [-0.25, -0.2) is 4.39 Å². The van der Waals surface area contributed by atoms with Crippen molar-refractivity contribution in [1.29, 1.82) is 0 Å². The van der Waals surface area contributed by atoms with Crippen molar-refractivity contribution >= 4 is 11.6 Å². The summed E-state index contributed by atoms with van der Waals surface area (Å²) >= 11 is 5.79. The number of fused-ring (bicyclic) bond motifs is 1. The van der Waals surface area contributed by atoms with Crippen LogP contribution in [0.5, 0.6) is 11.5 Å². The highest BCUT2D eigenvalue weighted by atomic mass is 35.5. The molecule has 5 heteroatoms. The van der Waals surface area contributed by atoms with Gasteiger partial charge in [0.1, 0.15) is 19.0 Å². The van der Waals surface area contributed by atoms with Crippen molar-refractivity contribution in [3.8, 4) is 11.5 Å². The summed E-state index contributed by atoms with van der Waals surface area (Å²) in [7, 11) is 0. The lowest BCUT2D eigenvalue weighted by molar-refractivity contribution is 0.169. The van der Waals surface area contributed by atoms with Crippen LogP contribution in [-0.4, -0.2) is 19.8 Å². The molecule has 0 unspecified atom stereocenters. The van der Waals surface area contributed by atoms with Crippen LogP contribution in [0.15, 0.2) is 6.07 Å². The van der Waals surface area contributed by atoms with E-state index in [9.17, 15) is 4.39 Å². The Bertz CT molecular complexity index is 398. The van der Waals surface area contributed by atoms with Gasteiger partial charge in [0, 0.05) is 11.6 Å². The molecule has 0 radical (unpaired) electrons. The fourth-order valence-electron chi connectivity index (χ4n) is 1.70. The van der Waals surface area contributed by atoms with Gasteiger partial charge in [0.05, 0.1) is 5.02 Å². The van der Waals surface area contributed by atoms with Crippen LogP contribution in [0.25, 0.3) is 0 Å². The van der Waals surface area contributed by atoms with E-state index in [0.29, 0.717) is 49.7 Å². The van der Waals surface area contributed by atoms with Crippen molar-refractivity contribution in [2.75, 3.05) is 19.8 Å². The summed E-state index contributed by atoms with van der Waals surface area (Å²) in [4.78, 5) is 0. The zero-order valence-electron chi connectivity index (χ0n) is 8.76. The summed E-state index contributed by atoms with van der Waals surface area (Å²) in [6.07, 6.45) is 1.20. The van der Waals surface area contributed by atoms with Crippen LogP contribution in [0.4, 0.5) is 4.39 Å². The maximum absolute atomic E-state index is 13.8. The normalized spacial score (nSPS) is 13.9. The van der Waals surface area contributed by atoms with Gasteiger partial charge in [-0.3, -0.25) is 0 Å². The van der Waals surface area contributed by atoms with Crippen LogP contribution in [0.3, 0.4) is 0 Å². The van der Waals surface area contributed by atoms with Gasteiger partial charge in [-0.15, -0.1) is 0 Å². The fraction of sp³-hybridized carbons (Fsp3) is 0.455. The third kappa shape index (κ3) is 2.08. The molecule has 1 heterocycles. The molecule has 0 spiro atoms. The van der Waals surface area contributed by atoms with E-state index in [-0.39, 0.29) is 5.02 Å². The summed E-state index contributed by atoms with van der Waals surface area (Å²) in [5.74, 6) is 0.561. The van der Waals surface area contributed by atoms with Crippen molar-refractivity contribution in [2.24, 2.45) is 5.73 Å². The van der Waals surface area contributed by atoms with Crippen molar-refractivity contribution in [2.45, 2.75) is 12.8 Å². The lowest BCUT2D eigenvalue weighted by Gasteiger charge is -2.22. The maximum atomic E-state index is 13.8. The summed E-state index contributed by atoms with van der Waals surface area (Å²) < 4.78 is 24.6. The predicted molar refractivity (Wildman–Crippen MR) is 59.8 cm³/mol. The number of halogens is 2. The van der Waals surface area contributed by atoms with Crippen molar-refractivity contribution in [1.82, 2.24) is 0 Å². The molecule has 0 saturated heterocycles. The number of nitrogens with two attached hydrogens (primary N) is 1. The molecule has 16 heavy (non-hydrogen) atoms. The van der Waals surface area contributed by atoms with E-state index in [1.165, 1.54) is 6.07 Å². The summed E-state index contributed by atoms with van der Waals surface area (Å²) in [6, 6.07) is 1.46. The highest BCUT2D eigenvalue weighted by Crippen LogP contribution is 2.39. The molecule has 2 rings (SSSR count). The molecule has 0 amide bonds. The highest BCUT2D eigenvalue weighted by molar-refractivity contribution is 6.31. The SMILES string of the molecule is NCCCc1c(F)c(Cl)cc2c1OCCO2. The molecule has 0 bridgehead atoms. The van der Waals surface area contributed by atoms with Crippen LogP contribution in [-0.2, 0) is 6.42 Å². The van der Waals surface area contributed by atoms with Gasteiger partial charge < -0.3 is 15.2 Å². The van der Waals surface area contributed by atoms with E-state index in [1.807, 2.05) is 0 Å². The van der Waals surface area contributed by atoms with Gasteiger partial charge in [-0.2, -0.15) is 0 Å². The highest BCUT2D eigenvalue weighted by Gasteiger charge is 2.22. The first kappa shape index (κ1) is 11.5. The van der Waals surface area contributed by atoms with Gasteiger partial charge in [0.15, 0.2) is 11.5 Å². The molecule has 0 atom stereocenters. The van der Waals surface area contributed by atoms with Crippen molar-refractivity contribution < 1.29 is 13.9 Å². The Morgan fingerprint density at radius 3 is 2.88 bits per heavy atom. The molecule has 1 aliphatic heterocycles. The zero-order valence-corrected chi connectivity index (χ0v) is 9.52. The molecule has 0 aliphatic carbocycles. The molecular formula is C11H13ClFNO2. The van der Waals surface area contributed by atoms with Gasteiger partial charge in [0.2, 0.25) is 0 Å². The first-order chi connectivity index (χ1) is 7.74. The summed E-state index contributed by atoms with van der Waals surface area (Å²) in [5.41, 5.74) is 5.88. The second-order valence-electron chi connectivity index (χ2n) is 3.57. The van der Waals surface area contributed by atoms with Gasteiger partial charge in [-0.05, 0) is 19.4 Å². The van der Waals surface area contributed by atoms with E-state index in [1.54, 1.807) is 0 Å². The number of rotatable bonds is 3. The number of ether oxygens (including phenoxy) is 2. The molecule has 1 aromatic carbocycles. The van der Waals surface area contributed by atoms with Crippen LogP contribution >= 0.6 is 11.6 Å². The number of hydrogen-bond donors (Lipinski definition) is 1. The second kappa shape index (κ2) is 4.89. The average molecular weight is 246 g/mol. The van der Waals surface area contributed by atoms with Crippen molar-refractivity contribution in [3.63, 3.8) is 0 Å². The topological polar surface area (TPSA) is 44.5 Å². The third-order valence-corrected chi connectivity index (χ3v) is 2.72. The largest absolute Gasteiger partial charge is 0.486 e. The molecule has 0 aromatic heterocycles. The molecular weight excluding hydrogens is 233 g/mol. The lowest BCUT2D eigenvalue weighted by Crippen LogP contribution is -2.17. The van der Waals surface area contributed by atoms with Gasteiger partial charge in [-0.1, -0.05) is 11.6 Å². The first-order valence-electron chi connectivity index (χ1n) is 5.20. The maximum Gasteiger partial charge on any atom is 0.167 e. The molecule has 0 saturated carbocycles. The Labute approximate surface area is 98.3 Å². The quantitative estimate of drug-likeness (QED) is 0.887. The van der Waals surface area contributed by atoms with Gasteiger partial charge in [0.25, 0.3) is 0 Å². The second-order valence-corrected chi connectivity index (χ2v) is 3.97. The van der Waals surface area contributed by atoms with E-state index in [2.05, 4.69) is 0 Å². The lowest BCUT2D eigenvalue weighted by atomic mass is 10.1. The van der Waals surface area contributed by atoms with Gasteiger partial charge >= 0.3 is 0 Å². The Hall–Kier alpha value is -1.00. The molecule has 1 aromatic rings. The third-order valence-electron chi connectivity index (χ3n) is 2.45. The van der Waals surface area contributed by atoms with Crippen LogP contribution in [0.1, 0.15) is 12.0 Å². The molecule has 3 nitrogen and oxygen atoms in total. The first-order valence-corrected chi connectivity index (χ1v) is 5.58. The molecule has 1 aliphatic rings. The molecule has 2 N–H and O–H groups in total. The van der Waals surface area contributed by atoms with E-state index < -0.39 is 5.82 Å². The smallest absolute Gasteiger partial charge is 0.167 e. The Kier molecular flexibility index (Phi) is 3.51. The minimum Gasteiger partial charge on any atom is -0.486 e. The van der Waals surface area contributed by atoms with E-state index >= 15 is 0 Å². The van der Waals surface area contributed by atoms with E-state index in [0.717, 1.165) is 0 Å². The number of hydrogen-bond acceptors (Lipinski definition) is 3. The minimum atomic E-state index is -0.431. The zero-order chi connectivity index (χ0) is 11.5.